The molecule has 0 atom stereocenters. The largest absolute Gasteiger partial charge is 0.489 e. The van der Waals surface area contributed by atoms with Crippen molar-refractivity contribution in [3.05, 3.63) is 78.4 Å². The highest BCUT2D eigenvalue weighted by atomic mass is 16.5. The summed E-state index contributed by atoms with van der Waals surface area (Å²) < 4.78 is 11.3. The average molecular weight is 337 g/mol. The Kier molecular flexibility index (Phi) is 5.51. The van der Waals surface area contributed by atoms with Crippen LogP contribution in [0.3, 0.4) is 0 Å². The van der Waals surface area contributed by atoms with E-state index in [1.54, 1.807) is 0 Å². The number of carbonyl (C=O) groups is 1. The van der Waals surface area contributed by atoms with Crippen LogP contribution in [-0.4, -0.2) is 19.1 Å². The molecule has 1 amide bonds. The highest BCUT2D eigenvalue weighted by molar-refractivity contribution is 5.87. The second-order valence-electron chi connectivity index (χ2n) is 6.19. The Morgan fingerprint density at radius 3 is 2.44 bits per heavy atom. The molecular weight excluding hydrogens is 314 g/mol. The molecule has 3 rings (SSSR count). The van der Waals surface area contributed by atoms with Gasteiger partial charge < -0.3 is 14.8 Å². The molecule has 1 aliphatic heterocycles. The van der Waals surface area contributed by atoms with Gasteiger partial charge in [-0.1, -0.05) is 49.0 Å². The van der Waals surface area contributed by atoms with E-state index in [4.69, 9.17) is 9.47 Å². The van der Waals surface area contributed by atoms with Crippen molar-refractivity contribution in [3.63, 3.8) is 0 Å². The van der Waals surface area contributed by atoms with Crippen LogP contribution in [0, 0.1) is 0 Å². The van der Waals surface area contributed by atoms with Gasteiger partial charge in [0.25, 0.3) is 0 Å². The van der Waals surface area contributed by atoms with Gasteiger partial charge in [0.15, 0.2) is 0 Å². The quantitative estimate of drug-likeness (QED) is 0.820. The number of nitrogens with one attached hydrogen (secondary N) is 1. The van der Waals surface area contributed by atoms with E-state index >= 15 is 0 Å². The molecule has 0 spiro atoms. The molecule has 25 heavy (non-hydrogen) atoms. The van der Waals surface area contributed by atoms with E-state index < -0.39 is 5.54 Å². The Morgan fingerprint density at radius 1 is 1.12 bits per heavy atom. The van der Waals surface area contributed by atoms with Gasteiger partial charge in [0, 0.05) is 13.2 Å². The van der Waals surface area contributed by atoms with Crippen molar-refractivity contribution in [2.45, 2.75) is 25.0 Å². The number of hydrogen-bond acceptors (Lipinski definition) is 3. The minimum absolute atomic E-state index is 0.161. The summed E-state index contributed by atoms with van der Waals surface area (Å²) in [4.78, 5) is 11.9. The molecule has 0 bridgehead atoms. The van der Waals surface area contributed by atoms with Crippen molar-refractivity contribution in [2.75, 3.05) is 13.2 Å². The van der Waals surface area contributed by atoms with Crippen molar-refractivity contribution in [1.29, 1.82) is 0 Å². The van der Waals surface area contributed by atoms with Crippen LogP contribution in [0.2, 0.25) is 0 Å². The fourth-order valence-corrected chi connectivity index (χ4v) is 3.10. The Hall–Kier alpha value is -2.59. The monoisotopic (exact) mass is 337 g/mol. The lowest BCUT2D eigenvalue weighted by atomic mass is 9.82. The lowest BCUT2D eigenvalue weighted by Crippen LogP contribution is -2.48. The maximum Gasteiger partial charge on any atom is 0.244 e. The van der Waals surface area contributed by atoms with Gasteiger partial charge in [-0.15, -0.1) is 0 Å². The van der Waals surface area contributed by atoms with Crippen LogP contribution < -0.4 is 10.1 Å². The van der Waals surface area contributed by atoms with E-state index in [1.165, 1.54) is 6.08 Å². The lowest BCUT2D eigenvalue weighted by molar-refractivity contribution is -0.119. The van der Waals surface area contributed by atoms with Crippen molar-refractivity contribution >= 4 is 5.91 Å². The molecule has 0 radical (unpaired) electrons. The highest BCUT2D eigenvalue weighted by Crippen LogP contribution is 2.33. The van der Waals surface area contributed by atoms with Crippen LogP contribution >= 0.6 is 0 Å². The molecule has 1 heterocycles. The Balaban J connectivity index is 1.72. The van der Waals surface area contributed by atoms with Gasteiger partial charge in [0.1, 0.15) is 12.4 Å². The maximum atomic E-state index is 11.9. The summed E-state index contributed by atoms with van der Waals surface area (Å²) in [6, 6.07) is 18.0. The third-order valence-corrected chi connectivity index (χ3v) is 4.55. The van der Waals surface area contributed by atoms with E-state index in [9.17, 15) is 4.79 Å². The van der Waals surface area contributed by atoms with Crippen LogP contribution in [0.1, 0.15) is 24.0 Å². The fraction of sp³-hybridized carbons (Fsp3) is 0.286. The third-order valence-electron chi connectivity index (χ3n) is 4.55. The van der Waals surface area contributed by atoms with Crippen molar-refractivity contribution in [1.82, 2.24) is 5.32 Å². The molecule has 1 aliphatic rings. The fourth-order valence-electron chi connectivity index (χ4n) is 3.10. The molecule has 2 aromatic carbocycles. The zero-order valence-electron chi connectivity index (χ0n) is 14.2. The Morgan fingerprint density at radius 2 is 1.80 bits per heavy atom. The van der Waals surface area contributed by atoms with Crippen molar-refractivity contribution < 1.29 is 14.3 Å². The molecule has 0 aliphatic carbocycles. The minimum atomic E-state index is -0.401. The van der Waals surface area contributed by atoms with E-state index in [0.717, 1.165) is 29.7 Å². The zero-order chi connectivity index (χ0) is 17.5. The number of hydrogen-bond donors (Lipinski definition) is 1. The lowest BCUT2D eigenvalue weighted by Gasteiger charge is -2.38. The van der Waals surface area contributed by atoms with Gasteiger partial charge in [0.2, 0.25) is 5.91 Å². The second-order valence-corrected chi connectivity index (χ2v) is 6.19. The Labute approximate surface area is 148 Å². The van der Waals surface area contributed by atoms with Gasteiger partial charge in [-0.3, -0.25) is 4.79 Å². The SMILES string of the molecule is C=CC(=O)NC1(c2ccc(OCc3ccccc3)cc2)CCOCC1. The number of carbonyl (C=O) groups excluding carboxylic acids is 1. The number of amides is 1. The summed E-state index contributed by atoms with van der Waals surface area (Å²) in [6.07, 6.45) is 2.81. The van der Waals surface area contributed by atoms with Crippen molar-refractivity contribution in [2.24, 2.45) is 0 Å². The Bertz CT molecular complexity index is 704. The average Bonchev–Trinajstić information content (AvgIpc) is 2.68. The normalized spacial score (nSPS) is 16.0. The molecule has 130 valence electrons. The van der Waals surface area contributed by atoms with Crippen LogP contribution in [-0.2, 0) is 21.7 Å². The topological polar surface area (TPSA) is 47.6 Å². The van der Waals surface area contributed by atoms with E-state index in [-0.39, 0.29) is 5.91 Å². The first-order valence-electron chi connectivity index (χ1n) is 8.51. The molecule has 0 saturated carbocycles. The first-order valence-corrected chi connectivity index (χ1v) is 8.51. The van der Waals surface area contributed by atoms with Crippen LogP contribution in [0.5, 0.6) is 5.75 Å². The van der Waals surface area contributed by atoms with Crippen LogP contribution in [0.15, 0.2) is 67.3 Å². The summed E-state index contributed by atoms with van der Waals surface area (Å²) >= 11 is 0. The van der Waals surface area contributed by atoms with Crippen LogP contribution in [0.4, 0.5) is 0 Å². The summed E-state index contributed by atoms with van der Waals surface area (Å²) in [6.45, 7) is 5.35. The van der Waals surface area contributed by atoms with Crippen LogP contribution in [0.25, 0.3) is 0 Å². The third kappa shape index (κ3) is 4.28. The molecule has 0 unspecified atom stereocenters. The summed E-state index contributed by atoms with van der Waals surface area (Å²) in [5, 5.41) is 3.10. The molecular formula is C21H23NO3. The van der Waals surface area contributed by atoms with E-state index in [2.05, 4.69) is 11.9 Å². The predicted molar refractivity (Wildman–Crippen MR) is 97.3 cm³/mol. The van der Waals surface area contributed by atoms with E-state index in [1.807, 2.05) is 54.6 Å². The van der Waals surface area contributed by atoms with Gasteiger partial charge >= 0.3 is 0 Å². The smallest absolute Gasteiger partial charge is 0.244 e. The molecule has 1 N–H and O–H groups in total. The number of benzene rings is 2. The molecule has 1 saturated heterocycles. The standard InChI is InChI=1S/C21H23NO3/c1-2-20(23)22-21(12-14-24-15-13-21)18-8-10-19(11-9-18)25-16-17-6-4-3-5-7-17/h2-11H,1,12-16H2,(H,22,23). The van der Waals surface area contributed by atoms with E-state index in [0.29, 0.717) is 19.8 Å². The van der Waals surface area contributed by atoms with Crippen molar-refractivity contribution in [3.8, 4) is 5.75 Å². The summed E-state index contributed by atoms with van der Waals surface area (Å²) in [5.74, 6) is 0.649. The number of rotatable bonds is 6. The number of ether oxygens (including phenoxy) is 2. The zero-order valence-corrected chi connectivity index (χ0v) is 14.2. The highest BCUT2D eigenvalue weighted by Gasteiger charge is 2.35. The minimum Gasteiger partial charge on any atom is -0.489 e. The summed E-state index contributed by atoms with van der Waals surface area (Å²) in [7, 11) is 0. The summed E-state index contributed by atoms with van der Waals surface area (Å²) in [5.41, 5.74) is 1.80. The van der Waals surface area contributed by atoms with Gasteiger partial charge in [-0.2, -0.15) is 0 Å². The van der Waals surface area contributed by atoms with Gasteiger partial charge in [-0.05, 0) is 42.2 Å². The predicted octanol–water partition coefficient (Wildman–Crippen LogP) is 3.57. The molecule has 2 aromatic rings. The second kappa shape index (κ2) is 7.99. The first kappa shape index (κ1) is 17.2. The molecule has 0 aromatic heterocycles. The molecule has 4 heteroatoms. The first-order chi connectivity index (χ1) is 12.2. The van der Waals surface area contributed by atoms with Gasteiger partial charge in [-0.25, -0.2) is 0 Å². The maximum absolute atomic E-state index is 11.9. The molecule has 1 fully saturated rings. The molecule has 4 nitrogen and oxygen atoms in total. The van der Waals surface area contributed by atoms with Gasteiger partial charge in [0.05, 0.1) is 5.54 Å².